The molecule has 2 rings (SSSR count). The molecule has 20 heavy (non-hydrogen) atoms. The Kier molecular flexibility index (Phi) is 5.13. The van der Waals surface area contributed by atoms with E-state index < -0.39 is 0 Å². The van der Waals surface area contributed by atoms with E-state index in [9.17, 15) is 4.39 Å². The van der Waals surface area contributed by atoms with E-state index in [1.807, 2.05) is 19.1 Å². The van der Waals surface area contributed by atoms with Crippen molar-refractivity contribution in [2.45, 2.75) is 27.0 Å². The third kappa shape index (κ3) is 4.07. The van der Waals surface area contributed by atoms with Gasteiger partial charge in [-0.25, -0.2) is 4.39 Å². The van der Waals surface area contributed by atoms with Crippen LogP contribution in [0.15, 0.2) is 42.5 Å². The van der Waals surface area contributed by atoms with Crippen molar-refractivity contribution in [1.82, 2.24) is 5.32 Å². The molecule has 0 unspecified atom stereocenters. The molecule has 1 N–H and O–H groups in total. The Morgan fingerprint density at radius 1 is 1.10 bits per heavy atom. The highest BCUT2D eigenvalue weighted by Gasteiger charge is 2.03. The second-order valence-corrected chi connectivity index (χ2v) is 4.80. The Labute approximate surface area is 119 Å². The Morgan fingerprint density at radius 2 is 1.90 bits per heavy atom. The number of benzene rings is 2. The third-order valence-corrected chi connectivity index (χ3v) is 3.12. The number of ether oxygens (including phenoxy) is 1. The lowest BCUT2D eigenvalue weighted by molar-refractivity contribution is 0.302. The Balaban J connectivity index is 2.01. The number of rotatable bonds is 6. The fraction of sp³-hybridized carbons (Fsp3) is 0.294. The molecule has 0 saturated carbocycles. The van der Waals surface area contributed by atoms with E-state index in [4.69, 9.17) is 4.74 Å². The highest BCUT2D eigenvalue weighted by atomic mass is 19.1. The molecule has 106 valence electrons. The van der Waals surface area contributed by atoms with E-state index in [1.54, 1.807) is 6.07 Å². The second kappa shape index (κ2) is 7.06. The summed E-state index contributed by atoms with van der Waals surface area (Å²) in [5.74, 6) is 0.327. The Morgan fingerprint density at radius 3 is 2.70 bits per heavy atom. The first kappa shape index (κ1) is 14.5. The lowest BCUT2D eigenvalue weighted by atomic mass is 10.1. The summed E-state index contributed by atoms with van der Waals surface area (Å²) in [6.45, 7) is 6.24. The molecule has 0 saturated heterocycles. The van der Waals surface area contributed by atoms with Gasteiger partial charge in [0.1, 0.15) is 18.2 Å². The number of hydrogen-bond donors (Lipinski definition) is 1. The third-order valence-electron chi connectivity index (χ3n) is 3.12. The van der Waals surface area contributed by atoms with Gasteiger partial charge in [0.05, 0.1) is 0 Å². The van der Waals surface area contributed by atoms with Crippen LogP contribution >= 0.6 is 0 Å². The number of aryl methyl sites for hydroxylation is 1. The molecular formula is C17H20FNO. The van der Waals surface area contributed by atoms with Crippen LogP contribution in [0.2, 0.25) is 0 Å². The molecule has 0 aliphatic heterocycles. The topological polar surface area (TPSA) is 21.3 Å². The molecule has 0 heterocycles. The van der Waals surface area contributed by atoms with E-state index >= 15 is 0 Å². The van der Waals surface area contributed by atoms with Crippen LogP contribution in [0.25, 0.3) is 0 Å². The summed E-state index contributed by atoms with van der Waals surface area (Å²) in [5.41, 5.74) is 3.25. The van der Waals surface area contributed by atoms with E-state index in [1.165, 1.54) is 17.7 Å². The zero-order chi connectivity index (χ0) is 14.4. The summed E-state index contributed by atoms with van der Waals surface area (Å²) >= 11 is 0. The van der Waals surface area contributed by atoms with Gasteiger partial charge in [-0.3, -0.25) is 0 Å². The summed E-state index contributed by atoms with van der Waals surface area (Å²) in [6, 6.07) is 12.8. The predicted molar refractivity (Wildman–Crippen MR) is 79.3 cm³/mol. The van der Waals surface area contributed by atoms with Crippen molar-refractivity contribution in [3.8, 4) is 5.75 Å². The largest absolute Gasteiger partial charge is 0.489 e. The minimum Gasteiger partial charge on any atom is -0.489 e. The van der Waals surface area contributed by atoms with Gasteiger partial charge in [-0.2, -0.15) is 0 Å². The van der Waals surface area contributed by atoms with Crippen molar-refractivity contribution in [2.24, 2.45) is 0 Å². The summed E-state index contributed by atoms with van der Waals surface area (Å²) in [5, 5.41) is 3.29. The molecule has 0 atom stereocenters. The molecule has 0 aliphatic rings. The molecule has 0 aliphatic carbocycles. The molecule has 0 amide bonds. The Bertz CT molecular complexity index is 569. The Hall–Kier alpha value is -1.87. The fourth-order valence-electron chi connectivity index (χ4n) is 1.99. The van der Waals surface area contributed by atoms with E-state index in [0.717, 1.165) is 24.2 Å². The quantitative estimate of drug-likeness (QED) is 0.864. The lowest BCUT2D eigenvalue weighted by Crippen LogP contribution is -2.11. The summed E-state index contributed by atoms with van der Waals surface area (Å²) in [4.78, 5) is 0. The predicted octanol–water partition coefficient (Wildman–Crippen LogP) is 3.82. The van der Waals surface area contributed by atoms with Crippen LogP contribution in [0.3, 0.4) is 0 Å². The van der Waals surface area contributed by atoms with Crippen LogP contribution in [-0.2, 0) is 13.2 Å². The van der Waals surface area contributed by atoms with Gasteiger partial charge in [0.25, 0.3) is 0 Å². The van der Waals surface area contributed by atoms with Crippen molar-refractivity contribution >= 4 is 0 Å². The monoisotopic (exact) mass is 273 g/mol. The molecule has 0 bridgehead atoms. The van der Waals surface area contributed by atoms with Gasteiger partial charge < -0.3 is 10.1 Å². The zero-order valence-corrected chi connectivity index (χ0v) is 11.9. The summed E-state index contributed by atoms with van der Waals surface area (Å²) in [6.07, 6.45) is 0. The van der Waals surface area contributed by atoms with Gasteiger partial charge in [-0.1, -0.05) is 37.3 Å². The van der Waals surface area contributed by atoms with Crippen LogP contribution in [0, 0.1) is 12.7 Å². The normalized spacial score (nSPS) is 10.6. The smallest absolute Gasteiger partial charge is 0.126 e. The lowest BCUT2D eigenvalue weighted by Gasteiger charge is -2.10. The number of halogens is 1. The molecule has 3 heteroatoms. The second-order valence-electron chi connectivity index (χ2n) is 4.80. The van der Waals surface area contributed by atoms with Gasteiger partial charge in [-0.05, 0) is 36.2 Å². The maximum Gasteiger partial charge on any atom is 0.126 e. The molecule has 0 aromatic heterocycles. The molecule has 2 nitrogen and oxygen atoms in total. The SMILES string of the molecule is CCNCc1cccc(COc2cc(F)ccc2C)c1. The van der Waals surface area contributed by atoms with Crippen molar-refractivity contribution in [2.75, 3.05) is 6.54 Å². The first-order chi connectivity index (χ1) is 9.69. The van der Waals surface area contributed by atoms with Crippen LogP contribution in [0.4, 0.5) is 4.39 Å². The van der Waals surface area contributed by atoms with Crippen LogP contribution in [0.5, 0.6) is 5.75 Å². The summed E-state index contributed by atoms with van der Waals surface area (Å²) < 4.78 is 18.9. The standard InChI is InChI=1S/C17H20FNO/c1-3-19-11-14-5-4-6-15(9-14)12-20-17-10-16(18)8-7-13(17)2/h4-10,19H,3,11-12H2,1-2H3. The fourth-order valence-corrected chi connectivity index (χ4v) is 1.99. The number of nitrogens with one attached hydrogen (secondary N) is 1. The van der Waals surface area contributed by atoms with Crippen LogP contribution in [-0.4, -0.2) is 6.54 Å². The van der Waals surface area contributed by atoms with Crippen molar-refractivity contribution in [3.63, 3.8) is 0 Å². The van der Waals surface area contributed by atoms with Gasteiger partial charge in [-0.15, -0.1) is 0 Å². The van der Waals surface area contributed by atoms with Crippen molar-refractivity contribution in [1.29, 1.82) is 0 Å². The average molecular weight is 273 g/mol. The van der Waals surface area contributed by atoms with Crippen molar-refractivity contribution in [3.05, 3.63) is 65.0 Å². The minimum absolute atomic E-state index is 0.272. The molecule has 2 aromatic rings. The molecule has 0 radical (unpaired) electrons. The highest BCUT2D eigenvalue weighted by molar-refractivity contribution is 5.33. The summed E-state index contributed by atoms with van der Waals surface area (Å²) in [7, 11) is 0. The zero-order valence-electron chi connectivity index (χ0n) is 11.9. The number of hydrogen-bond acceptors (Lipinski definition) is 2. The van der Waals surface area contributed by atoms with E-state index in [-0.39, 0.29) is 5.82 Å². The van der Waals surface area contributed by atoms with Gasteiger partial charge in [0.15, 0.2) is 0 Å². The minimum atomic E-state index is -0.272. The molecule has 0 fully saturated rings. The average Bonchev–Trinajstić information content (AvgIpc) is 2.46. The van der Waals surface area contributed by atoms with Gasteiger partial charge in [0, 0.05) is 12.6 Å². The van der Waals surface area contributed by atoms with Gasteiger partial charge in [0.2, 0.25) is 0 Å². The molecule has 2 aromatic carbocycles. The van der Waals surface area contributed by atoms with Crippen LogP contribution < -0.4 is 10.1 Å². The van der Waals surface area contributed by atoms with E-state index in [2.05, 4.69) is 24.4 Å². The molecular weight excluding hydrogens is 253 g/mol. The van der Waals surface area contributed by atoms with E-state index in [0.29, 0.717) is 12.4 Å². The highest BCUT2D eigenvalue weighted by Crippen LogP contribution is 2.20. The van der Waals surface area contributed by atoms with Gasteiger partial charge >= 0.3 is 0 Å². The maximum absolute atomic E-state index is 13.2. The maximum atomic E-state index is 13.2. The molecule has 0 spiro atoms. The van der Waals surface area contributed by atoms with Crippen LogP contribution in [0.1, 0.15) is 23.6 Å². The van der Waals surface area contributed by atoms with Crippen molar-refractivity contribution < 1.29 is 9.13 Å². The first-order valence-electron chi connectivity index (χ1n) is 6.86. The first-order valence-corrected chi connectivity index (χ1v) is 6.86.